The van der Waals surface area contributed by atoms with Crippen LogP contribution in [0, 0.1) is 17.1 Å². The molecule has 3 N–H and O–H groups in total. The number of fused-ring (bicyclic) bond motifs is 1. The van der Waals surface area contributed by atoms with Crippen molar-refractivity contribution in [3.8, 4) is 6.07 Å². The number of thiazole rings is 1. The Morgan fingerprint density at radius 3 is 2.62 bits per heavy atom. The van der Waals surface area contributed by atoms with Crippen molar-refractivity contribution in [3.63, 3.8) is 0 Å². The monoisotopic (exact) mass is 510 g/mol. The third-order valence-electron chi connectivity index (χ3n) is 5.02. The minimum absolute atomic E-state index is 0.0408. The molecule has 0 unspecified atom stereocenters. The summed E-state index contributed by atoms with van der Waals surface area (Å²) in [7, 11) is 0. The molecule has 0 amide bonds. The molecule has 0 spiro atoms. The summed E-state index contributed by atoms with van der Waals surface area (Å²) in [6.45, 7) is 0. The third kappa shape index (κ3) is 4.24. The van der Waals surface area contributed by atoms with E-state index >= 15 is 0 Å². The smallest absolute Gasteiger partial charge is 0.141 e. The summed E-state index contributed by atoms with van der Waals surface area (Å²) >= 11 is 14.0. The van der Waals surface area contributed by atoms with Gasteiger partial charge in [0.2, 0.25) is 0 Å². The van der Waals surface area contributed by atoms with Crippen LogP contribution in [-0.4, -0.2) is 25.4 Å². The van der Waals surface area contributed by atoms with Crippen molar-refractivity contribution in [1.29, 1.82) is 5.26 Å². The largest absolute Gasteiger partial charge is 0.371 e. The Kier molecular flexibility index (Phi) is 5.98. The highest BCUT2D eigenvalue weighted by Crippen LogP contribution is 2.37. The molecule has 0 radical (unpaired) electrons. The van der Waals surface area contributed by atoms with Gasteiger partial charge in [0, 0.05) is 28.3 Å². The normalized spacial score (nSPS) is 11.8. The molecule has 0 saturated carbocycles. The molecule has 2 aromatic carbocycles. The molecule has 1 atom stereocenters. The first kappa shape index (κ1) is 22.0. The molecule has 168 valence electrons. The molecule has 0 aliphatic heterocycles. The highest BCUT2D eigenvalue weighted by Gasteiger charge is 2.20. The molecule has 5 rings (SSSR count). The van der Waals surface area contributed by atoms with E-state index in [0.29, 0.717) is 38.7 Å². The van der Waals surface area contributed by atoms with E-state index in [1.807, 2.05) is 11.4 Å². The predicted octanol–water partition coefficient (Wildman–Crippen LogP) is 6.07. The van der Waals surface area contributed by atoms with E-state index in [1.54, 1.807) is 17.8 Å². The number of anilines is 3. The molecule has 0 aliphatic rings. The molecule has 0 aliphatic carbocycles. The number of nitriles is 1. The van der Waals surface area contributed by atoms with Crippen molar-refractivity contribution >= 4 is 62.5 Å². The number of hydrogen-bond acceptors (Lipinski definition) is 8. The fourth-order valence-corrected chi connectivity index (χ4v) is 4.49. The lowest BCUT2D eigenvalue weighted by Crippen LogP contribution is -2.13. The Bertz CT molecular complexity index is 1480. The summed E-state index contributed by atoms with van der Waals surface area (Å²) < 4.78 is 13.6. The van der Waals surface area contributed by atoms with Crippen molar-refractivity contribution in [1.82, 2.24) is 25.4 Å². The standard InChI is InChI=1S/C22H13Cl2FN8S/c23-15-4-12(1-2-17(15)25)30-20-11(6-26)7-27-21-14(20)3-13(5-16(21)24)31-22(18-8-29-33-32-18)19-9-34-10-28-19/h1-5,7-10,22,31H,(H,27,30)(H,29,32,33)/t22-/m1/s1. The summed E-state index contributed by atoms with van der Waals surface area (Å²) in [5, 5.41) is 29.8. The maximum absolute atomic E-state index is 13.6. The summed E-state index contributed by atoms with van der Waals surface area (Å²) in [5.41, 5.74) is 5.54. The Morgan fingerprint density at radius 1 is 1.06 bits per heavy atom. The molecule has 8 nitrogen and oxygen atoms in total. The van der Waals surface area contributed by atoms with Crippen molar-refractivity contribution in [2.45, 2.75) is 6.04 Å². The average molecular weight is 511 g/mol. The minimum Gasteiger partial charge on any atom is -0.371 e. The zero-order chi connectivity index (χ0) is 23.7. The van der Waals surface area contributed by atoms with Crippen LogP contribution in [0.25, 0.3) is 10.9 Å². The van der Waals surface area contributed by atoms with E-state index in [-0.39, 0.29) is 10.6 Å². The van der Waals surface area contributed by atoms with Crippen molar-refractivity contribution in [3.05, 3.63) is 86.4 Å². The Hall–Kier alpha value is -3.78. The highest BCUT2D eigenvalue weighted by atomic mass is 35.5. The van der Waals surface area contributed by atoms with Crippen molar-refractivity contribution < 1.29 is 4.39 Å². The number of aromatic amines is 1. The van der Waals surface area contributed by atoms with Crippen molar-refractivity contribution in [2.75, 3.05) is 10.6 Å². The van der Waals surface area contributed by atoms with Gasteiger partial charge in [0.25, 0.3) is 0 Å². The zero-order valence-corrected chi connectivity index (χ0v) is 19.4. The summed E-state index contributed by atoms with van der Waals surface area (Å²) in [4.78, 5) is 8.76. The number of benzene rings is 2. The first-order valence-corrected chi connectivity index (χ1v) is 11.5. The maximum atomic E-state index is 13.6. The number of rotatable bonds is 6. The van der Waals surface area contributed by atoms with Gasteiger partial charge in [0.1, 0.15) is 23.6 Å². The Balaban J connectivity index is 1.61. The molecule has 34 heavy (non-hydrogen) atoms. The van der Waals surface area contributed by atoms with E-state index in [1.165, 1.54) is 35.7 Å². The number of halogens is 3. The Labute approximate surface area is 206 Å². The molecule has 5 aromatic rings. The highest BCUT2D eigenvalue weighted by molar-refractivity contribution is 7.07. The second-order valence-corrected chi connectivity index (χ2v) is 8.69. The minimum atomic E-state index is -0.539. The second-order valence-electron chi connectivity index (χ2n) is 7.15. The van der Waals surface area contributed by atoms with E-state index in [0.717, 1.165) is 5.69 Å². The van der Waals surface area contributed by atoms with Crippen LogP contribution in [0.15, 0.2) is 53.6 Å². The lowest BCUT2D eigenvalue weighted by molar-refractivity contribution is 0.628. The number of pyridine rings is 1. The lowest BCUT2D eigenvalue weighted by Gasteiger charge is -2.18. The van der Waals surface area contributed by atoms with Gasteiger partial charge in [-0.05, 0) is 30.3 Å². The van der Waals surface area contributed by atoms with Gasteiger partial charge in [0.15, 0.2) is 0 Å². The van der Waals surface area contributed by atoms with Gasteiger partial charge >= 0.3 is 0 Å². The molecule has 3 heterocycles. The summed E-state index contributed by atoms with van der Waals surface area (Å²) in [5.74, 6) is -0.539. The van der Waals surface area contributed by atoms with E-state index < -0.39 is 11.9 Å². The van der Waals surface area contributed by atoms with Crippen LogP contribution in [0.4, 0.5) is 21.5 Å². The van der Waals surface area contributed by atoms with Gasteiger partial charge in [0.05, 0.1) is 44.2 Å². The third-order valence-corrected chi connectivity index (χ3v) is 6.20. The summed E-state index contributed by atoms with van der Waals surface area (Å²) in [6.07, 6.45) is 3.04. The van der Waals surface area contributed by atoms with Crippen molar-refractivity contribution in [2.24, 2.45) is 0 Å². The number of H-pyrrole nitrogens is 1. The molecule has 0 fully saturated rings. The quantitative estimate of drug-likeness (QED) is 0.253. The van der Waals surface area contributed by atoms with Crippen LogP contribution in [0.2, 0.25) is 10.0 Å². The first-order chi connectivity index (χ1) is 16.5. The molecule has 12 heteroatoms. The number of aromatic nitrogens is 5. The maximum Gasteiger partial charge on any atom is 0.141 e. The topological polar surface area (TPSA) is 115 Å². The molecule has 0 bridgehead atoms. The molecule has 3 aromatic heterocycles. The molecule has 0 saturated heterocycles. The first-order valence-electron chi connectivity index (χ1n) is 9.78. The number of nitrogens with one attached hydrogen (secondary N) is 3. The fourth-order valence-electron chi connectivity index (χ4n) is 3.46. The average Bonchev–Trinajstić information content (AvgIpc) is 3.55. The van der Waals surface area contributed by atoms with E-state index in [2.05, 4.69) is 42.1 Å². The SMILES string of the molecule is N#Cc1cnc2c(Cl)cc(N[C@@H](c3cscn3)c3cn[nH]n3)cc2c1Nc1ccc(F)c(Cl)c1. The van der Waals surface area contributed by atoms with Crippen LogP contribution in [-0.2, 0) is 0 Å². The number of nitrogens with zero attached hydrogens (tertiary/aromatic N) is 5. The Morgan fingerprint density at radius 2 is 1.91 bits per heavy atom. The molecular weight excluding hydrogens is 498 g/mol. The van der Waals surface area contributed by atoms with Crippen LogP contribution < -0.4 is 10.6 Å². The van der Waals surface area contributed by atoms with Crippen LogP contribution >= 0.6 is 34.5 Å². The molecular formula is C22H13Cl2FN8S. The van der Waals surface area contributed by atoms with Gasteiger partial charge in [-0.2, -0.15) is 20.7 Å². The van der Waals surface area contributed by atoms with Gasteiger partial charge in [-0.15, -0.1) is 11.3 Å². The van der Waals surface area contributed by atoms with E-state index in [4.69, 9.17) is 23.2 Å². The number of hydrogen-bond donors (Lipinski definition) is 3. The van der Waals surface area contributed by atoms with Crippen LogP contribution in [0.3, 0.4) is 0 Å². The van der Waals surface area contributed by atoms with Crippen LogP contribution in [0.5, 0.6) is 0 Å². The second kappa shape index (κ2) is 9.23. The fraction of sp³-hybridized carbons (Fsp3) is 0.0455. The van der Waals surface area contributed by atoms with Gasteiger partial charge in [-0.3, -0.25) is 4.98 Å². The predicted molar refractivity (Wildman–Crippen MR) is 130 cm³/mol. The van der Waals surface area contributed by atoms with Gasteiger partial charge in [-0.1, -0.05) is 23.2 Å². The van der Waals surface area contributed by atoms with Crippen LogP contribution in [0.1, 0.15) is 23.0 Å². The van der Waals surface area contributed by atoms with E-state index in [9.17, 15) is 9.65 Å². The summed E-state index contributed by atoms with van der Waals surface area (Å²) in [6, 6.07) is 9.52. The lowest BCUT2D eigenvalue weighted by atomic mass is 10.1. The van der Waals surface area contributed by atoms with Gasteiger partial charge in [-0.25, -0.2) is 9.37 Å². The van der Waals surface area contributed by atoms with Gasteiger partial charge < -0.3 is 10.6 Å². The zero-order valence-electron chi connectivity index (χ0n) is 17.1.